The van der Waals surface area contributed by atoms with Crippen LogP contribution in [0.2, 0.25) is 0 Å². The molecule has 1 aliphatic rings. The number of carboxylic acids is 1. The van der Waals surface area contributed by atoms with Crippen molar-refractivity contribution in [2.75, 3.05) is 13.1 Å². The number of hydrogen-bond donors (Lipinski definition) is 1. The van der Waals surface area contributed by atoms with Crippen molar-refractivity contribution in [2.24, 2.45) is 5.92 Å². The van der Waals surface area contributed by atoms with Crippen LogP contribution in [0.3, 0.4) is 0 Å². The van der Waals surface area contributed by atoms with Crippen molar-refractivity contribution in [2.45, 2.75) is 32.2 Å². The standard InChI is InChI=1S/C19H23N3O2/c1-2-14-8-9-17(21-12-14)18(16-7-3-4-10-20-16)22-11-5-6-15(13-22)19(23)24/h3-4,7-10,12,15,18H,2,5-6,11,13H2,1H3,(H,23,24). The van der Waals surface area contributed by atoms with Gasteiger partial charge in [0.2, 0.25) is 0 Å². The Kier molecular flexibility index (Phi) is 5.20. The summed E-state index contributed by atoms with van der Waals surface area (Å²) in [5.74, 6) is -1.03. The van der Waals surface area contributed by atoms with Gasteiger partial charge in [-0.3, -0.25) is 19.7 Å². The minimum Gasteiger partial charge on any atom is -0.481 e. The molecule has 2 aromatic heterocycles. The highest BCUT2D eigenvalue weighted by atomic mass is 16.4. The van der Waals surface area contributed by atoms with Gasteiger partial charge in [0.05, 0.1) is 23.3 Å². The quantitative estimate of drug-likeness (QED) is 0.915. The molecule has 24 heavy (non-hydrogen) atoms. The van der Waals surface area contributed by atoms with Crippen molar-refractivity contribution < 1.29 is 9.90 Å². The molecule has 2 atom stereocenters. The first kappa shape index (κ1) is 16.6. The van der Waals surface area contributed by atoms with E-state index in [4.69, 9.17) is 0 Å². The molecule has 0 amide bonds. The highest BCUT2D eigenvalue weighted by Crippen LogP contribution is 2.30. The average Bonchev–Trinajstić information content (AvgIpc) is 2.64. The lowest BCUT2D eigenvalue weighted by atomic mass is 9.94. The Morgan fingerprint density at radius 3 is 2.75 bits per heavy atom. The summed E-state index contributed by atoms with van der Waals surface area (Å²) in [6.07, 6.45) is 6.26. The number of carbonyl (C=O) groups is 1. The molecule has 3 rings (SSSR count). The second kappa shape index (κ2) is 7.53. The molecule has 0 spiro atoms. The lowest BCUT2D eigenvalue weighted by Crippen LogP contribution is -2.41. The van der Waals surface area contributed by atoms with Crippen molar-refractivity contribution in [3.8, 4) is 0 Å². The van der Waals surface area contributed by atoms with Crippen LogP contribution in [0.1, 0.15) is 42.8 Å². The number of carboxylic acid groups (broad SMARTS) is 1. The number of aliphatic carboxylic acids is 1. The van der Waals surface area contributed by atoms with Gasteiger partial charge in [0.1, 0.15) is 0 Å². The van der Waals surface area contributed by atoms with Gasteiger partial charge in [0, 0.05) is 18.9 Å². The third-order valence-electron chi connectivity index (χ3n) is 4.67. The lowest BCUT2D eigenvalue weighted by Gasteiger charge is -2.36. The first-order chi connectivity index (χ1) is 11.7. The molecule has 1 saturated heterocycles. The van der Waals surface area contributed by atoms with Crippen LogP contribution in [-0.2, 0) is 11.2 Å². The molecule has 0 aromatic carbocycles. The highest BCUT2D eigenvalue weighted by molar-refractivity contribution is 5.70. The van der Waals surface area contributed by atoms with Gasteiger partial charge in [-0.25, -0.2) is 0 Å². The number of hydrogen-bond acceptors (Lipinski definition) is 4. The van der Waals surface area contributed by atoms with Crippen LogP contribution in [0.4, 0.5) is 0 Å². The van der Waals surface area contributed by atoms with E-state index in [1.807, 2.05) is 30.5 Å². The number of piperidine rings is 1. The van der Waals surface area contributed by atoms with Crippen molar-refractivity contribution in [3.63, 3.8) is 0 Å². The monoisotopic (exact) mass is 325 g/mol. The summed E-state index contributed by atoms with van der Waals surface area (Å²) in [4.78, 5) is 22.8. The smallest absolute Gasteiger partial charge is 0.307 e. The van der Waals surface area contributed by atoms with E-state index in [9.17, 15) is 9.90 Å². The summed E-state index contributed by atoms with van der Waals surface area (Å²) in [6.45, 7) is 3.50. The molecule has 0 saturated carbocycles. The largest absolute Gasteiger partial charge is 0.481 e. The van der Waals surface area contributed by atoms with Crippen LogP contribution < -0.4 is 0 Å². The molecule has 126 valence electrons. The maximum absolute atomic E-state index is 11.4. The van der Waals surface area contributed by atoms with Crippen LogP contribution in [0.15, 0.2) is 42.7 Å². The molecule has 5 heteroatoms. The molecule has 2 unspecified atom stereocenters. The number of aromatic nitrogens is 2. The number of likely N-dealkylation sites (tertiary alicyclic amines) is 1. The maximum Gasteiger partial charge on any atom is 0.307 e. The van der Waals surface area contributed by atoms with Gasteiger partial charge in [-0.2, -0.15) is 0 Å². The fraction of sp³-hybridized carbons (Fsp3) is 0.421. The summed E-state index contributed by atoms with van der Waals surface area (Å²) < 4.78 is 0. The molecule has 1 N–H and O–H groups in total. The topological polar surface area (TPSA) is 66.3 Å². The van der Waals surface area contributed by atoms with Gasteiger partial charge >= 0.3 is 5.97 Å². The Hall–Kier alpha value is -2.27. The zero-order chi connectivity index (χ0) is 16.9. The Balaban J connectivity index is 1.94. The maximum atomic E-state index is 11.4. The number of pyridine rings is 2. The highest BCUT2D eigenvalue weighted by Gasteiger charge is 2.32. The molecular formula is C19H23N3O2. The van der Waals surface area contributed by atoms with Crippen molar-refractivity contribution in [3.05, 3.63) is 59.7 Å². The normalized spacial score (nSPS) is 19.8. The minimum atomic E-state index is -0.714. The minimum absolute atomic E-state index is 0.0979. The SMILES string of the molecule is CCc1ccc(C(c2ccccn2)N2CCCC(C(=O)O)C2)nc1. The molecule has 3 heterocycles. The van der Waals surface area contributed by atoms with E-state index in [1.165, 1.54) is 5.56 Å². The molecule has 0 bridgehead atoms. The van der Waals surface area contributed by atoms with Gasteiger partial charge in [-0.05, 0) is 49.6 Å². The van der Waals surface area contributed by atoms with Crippen LogP contribution >= 0.6 is 0 Å². The Bertz CT molecular complexity index is 673. The zero-order valence-corrected chi connectivity index (χ0v) is 13.9. The van der Waals surface area contributed by atoms with E-state index >= 15 is 0 Å². The van der Waals surface area contributed by atoms with E-state index in [2.05, 4.69) is 27.9 Å². The molecule has 1 fully saturated rings. The molecule has 0 radical (unpaired) electrons. The van der Waals surface area contributed by atoms with E-state index in [-0.39, 0.29) is 12.0 Å². The van der Waals surface area contributed by atoms with Crippen molar-refractivity contribution >= 4 is 5.97 Å². The van der Waals surface area contributed by atoms with Gasteiger partial charge in [0.15, 0.2) is 0 Å². The Labute approximate surface area is 142 Å². The van der Waals surface area contributed by atoms with Crippen LogP contribution in [0.25, 0.3) is 0 Å². The first-order valence-electron chi connectivity index (χ1n) is 8.51. The number of rotatable bonds is 5. The average molecular weight is 325 g/mol. The van der Waals surface area contributed by atoms with Crippen LogP contribution in [0.5, 0.6) is 0 Å². The molecule has 2 aromatic rings. The van der Waals surface area contributed by atoms with Gasteiger partial charge in [0.25, 0.3) is 0 Å². The van der Waals surface area contributed by atoms with E-state index in [0.29, 0.717) is 6.54 Å². The van der Waals surface area contributed by atoms with Crippen molar-refractivity contribution in [1.82, 2.24) is 14.9 Å². The lowest BCUT2D eigenvalue weighted by molar-refractivity contribution is -0.143. The molecule has 1 aliphatic heterocycles. The van der Waals surface area contributed by atoms with E-state index in [1.54, 1.807) is 6.20 Å². The third kappa shape index (κ3) is 3.62. The molecular weight excluding hydrogens is 302 g/mol. The second-order valence-electron chi connectivity index (χ2n) is 6.27. The Morgan fingerprint density at radius 2 is 2.12 bits per heavy atom. The van der Waals surface area contributed by atoms with Gasteiger partial charge in [-0.1, -0.05) is 19.1 Å². The van der Waals surface area contributed by atoms with Crippen molar-refractivity contribution in [1.29, 1.82) is 0 Å². The number of nitrogens with zero attached hydrogens (tertiary/aromatic N) is 3. The first-order valence-corrected chi connectivity index (χ1v) is 8.51. The van der Waals surface area contributed by atoms with E-state index in [0.717, 1.165) is 37.2 Å². The van der Waals surface area contributed by atoms with Crippen LogP contribution in [-0.4, -0.2) is 39.0 Å². The molecule has 0 aliphatic carbocycles. The second-order valence-corrected chi connectivity index (χ2v) is 6.27. The summed E-state index contributed by atoms with van der Waals surface area (Å²) in [6, 6.07) is 9.89. The molecule has 5 nitrogen and oxygen atoms in total. The fourth-order valence-electron chi connectivity index (χ4n) is 3.31. The summed E-state index contributed by atoms with van der Waals surface area (Å²) >= 11 is 0. The van der Waals surface area contributed by atoms with Crippen LogP contribution in [0, 0.1) is 5.92 Å². The summed E-state index contributed by atoms with van der Waals surface area (Å²) in [5.41, 5.74) is 3.04. The number of aryl methyl sites for hydroxylation is 1. The summed E-state index contributed by atoms with van der Waals surface area (Å²) in [7, 11) is 0. The summed E-state index contributed by atoms with van der Waals surface area (Å²) in [5, 5.41) is 9.39. The van der Waals surface area contributed by atoms with E-state index < -0.39 is 5.97 Å². The third-order valence-corrected chi connectivity index (χ3v) is 4.67. The fourth-order valence-corrected chi connectivity index (χ4v) is 3.31. The zero-order valence-electron chi connectivity index (χ0n) is 13.9. The predicted molar refractivity (Wildman–Crippen MR) is 91.6 cm³/mol. The van der Waals surface area contributed by atoms with Gasteiger partial charge < -0.3 is 5.11 Å². The Morgan fingerprint density at radius 1 is 1.29 bits per heavy atom. The van der Waals surface area contributed by atoms with Gasteiger partial charge in [-0.15, -0.1) is 0 Å². The predicted octanol–water partition coefficient (Wildman–Crippen LogP) is 2.93.